The zero-order valence-corrected chi connectivity index (χ0v) is 16.6. The molecule has 0 fully saturated rings. The topological polar surface area (TPSA) is 106 Å². The van der Waals surface area contributed by atoms with Crippen LogP contribution in [0.15, 0.2) is 64.1 Å². The van der Waals surface area contributed by atoms with Gasteiger partial charge >= 0.3 is 0 Å². The van der Waals surface area contributed by atoms with Crippen LogP contribution in [0, 0.1) is 5.82 Å². The second kappa shape index (κ2) is 11.1. The van der Waals surface area contributed by atoms with Crippen molar-refractivity contribution in [3.05, 3.63) is 71.7 Å². The highest BCUT2D eigenvalue weighted by Crippen LogP contribution is 2.23. The number of aryl methyl sites for hydroxylation is 2. The number of anilines is 1. The number of nitrogens with two attached hydrogens (primary N) is 1. The van der Waals surface area contributed by atoms with Crippen LogP contribution in [0.3, 0.4) is 0 Å². The molecule has 2 aromatic carbocycles. The summed E-state index contributed by atoms with van der Waals surface area (Å²) in [5.41, 5.74) is 9.14. The minimum atomic E-state index is -0.228. The average Bonchev–Trinajstić information content (AvgIpc) is 3.20. The van der Waals surface area contributed by atoms with Gasteiger partial charge < -0.3 is 20.1 Å². The normalized spacial score (nSPS) is 11.6. The van der Waals surface area contributed by atoms with Gasteiger partial charge in [0.1, 0.15) is 5.82 Å². The van der Waals surface area contributed by atoms with Crippen molar-refractivity contribution >= 4 is 11.8 Å². The molecule has 4 N–H and O–H groups in total. The number of guanidine groups is 1. The predicted octanol–water partition coefficient (Wildman–Crippen LogP) is 3.00. The summed E-state index contributed by atoms with van der Waals surface area (Å²) in [4.78, 5) is 4.10. The molecule has 0 spiro atoms. The van der Waals surface area contributed by atoms with E-state index in [4.69, 9.17) is 20.1 Å². The number of hydrogen-bond donors (Lipinski definition) is 3. The Kier molecular flexibility index (Phi) is 7.94. The Labute approximate surface area is 174 Å². The number of aliphatic imine (C=N–C) groups is 1. The van der Waals surface area contributed by atoms with Crippen molar-refractivity contribution < 1.29 is 18.8 Å². The summed E-state index contributed by atoms with van der Waals surface area (Å²) in [7, 11) is 0. The number of nitrogens with one attached hydrogen (secondary N) is 1. The molecule has 1 aromatic heterocycles. The smallest absolute Gasteiger partial charge is 0.231 e. The number of rotatable bonds is 10. The summed E-state index contributed by atoms with van der Waals surface area (Å²) in [6, 6.07) is 16.3. The third-order valence-electron chi connectivity index (χ3n) is 4.37. The maximum Gasteiger partial charge on any atom is 0.231 e. The second-order valence-electron chi connectivity index (χ2n) is 6.59. The molecule has 3 aromatic rings. The van der Waals surface area contributed by atoms with Crippen LogP contribution < -0.4 is 11.1 Å². The van der Waals surface area contributed by atoms with E-state index in [0.717, 1.165) is 23.2 Å². The van der Waals surface area contributed by atoms with Gasteiger partial charge in [0.15, 0.2) is 5.96 Å². The third kappa shape index (κ3) is 6.40. The molecule has 0 unspecified atom stereocenters. The Morgan fingerprint density at radius 3 is 2.70 bits per heavy atom. The Bertz CT molecular complexity index is 957. The molecule has 0 saturated carbocycles. The molecule has 0 bridgehead atoms. The summed E-state index contributed by atoms with van der Waals surface area (Å²) in [5, 5.41) is 15.5. The molecular formula is C22H25FN4O3. The molecule has 0 radical (unpaired) electrons. The van der Waals surface area contributed by atoms with Crippen molar-refractivity contribution in [2.75, 3.05) is 31.7 Å². The van der Waals surface area contributed by atoms with E-state index < -0.39 is 0 Å². The molecule has 30 heavy (non-hydrogen) atoms. The molecule has 0 atom stereocenters. The van der Waals surface area contributed by atoms with E-state index >= 15 is 0 Å². The van der Waals surface area contributed by atoms with Gasteiger partial charge in [-0.25, -0.2) is 4.39 Å². The quantitative estimate of drug-likeness (QED) is 0.269. The fourth-order valence-corrected chi connectivity index (χ4v) is 2.87. The molecule has 158 valence electrons. The Morgan fingerprint density at radius 1 is 1.13 bits per heavy atom. The van der Waals surface area contributed by atoms with E-state index in [1.54, 1.807) is 18.2 Å². The second-order valence-corrected chi connectivity index (χ2v) is 6.59. The minimum Gasteiger partial charge on any atom is -0.394 e. The number of benzene rings is 2. The number of aliphatic hydroxyl groups excluding tert-OH is 1. The van der Waals surface area contributed by atoms with Crippen molar-refractivity contribution in [1.82, 2.24) is 5.16 Å². The minimum absolute atomic E-state index is 0.0198. The van der Waals surface area contributed by atoms with Crippen LogP contribution in [-0.4, -0.2) is 42.6 Å². The van der Waals surface area contributed by atoms with Gasteiger partial charge in [0, 0.05) is 11.6 Å². The van der Waals surface area contributed by atoms with Gasteiger partial charge in [0.2, 0.25) is 5.88 Å². The summed E-state index contributed by atoms with van der Waals surface area (Å²) in [6.45, 7) is 1.01. The van der Waals surface area contributed by atoms with Gasteiger partial charge in [-0.3, -0.25) is 10.3 Å². The van der Waals surface area contributed by atoms with Crippen LogP contribution in [0.2, 0.25) is 0 Å². The molecule has 1 heterocycles. The van der Waals surface area contributed by atoms with Crippen LogP contribution in [0.25, 0.3) is 11.1 Å². The number of nitrogens with zero attached hydrogens (tertiary/aromatic N) is 2. The lowest BCUT2D eigenvalue weighted by Crippen LogP contribution is -2.23. The Morgan fingerprint density at radius 2 is 1.93 bits per heavy atom. The van der Waals surface area contributed by atoms with Crippen LogP contribution in [0.1, 0.15) is 11.3 Å². The van der Waals surface area contributed by atoms with E-state index in [1.807, 2.05) is 30.3 Å². The molecule has 0 amide bonds. The largest absolute Gasteiger partial charge is 0.394 e. The number of aliphatic hydroxyl groups is 1. The van der Waals surface area contributed by atoms with Gasteiger partial charge in [-0.15, -0.1) is 0 Å². The highest BCUT2D eigenvalue weighted by atomic mass is 19.1. The maximum atomic E-state index is 13.9. The monoisotopic (exact) mass is 412 g/mol. The SMILES string of the molecule is NC(=NCCOCCO)Nc1cc(CCc2ccc(-c3ccccc3F)cc2)no1. The van der Waals surface area contributed by atoms with E-state index in [1.165, 1.54) is 6.07 Å². The first-order valence-corrected chi connectivity index (χ1v) is 9.70. The molecule has 0 aliphatic heterocycles. The zero-order chi connectivity index (χ0) is 21.2. The van der Waals surface area contributed by atoms with Crippen molar-refractivity contribution in [3.8, 4) is 11.1 Å². The zero-order valence-electron chi connectivity index (χ0n) is 16.6. The van der Waals surface area contributed by atoms with Crippen molar-refractivity contribution in [3.63, 3.8) is 0 Å². The molecule has 0 aliphatic carbocycles. The molecule has 7 nitrogen and oxygen atoms in total. The highest BCUT2D eigenvalue weighted by molar-refractivity contribution is 5.90. The molecule has 0 aliphatic rings. The van der Waals surface area contributed by atoms with E-state index in [-0.39, 0.29) is 25.0 Å². The van der Waals surface area contributed by atoms with E-state index in [9.17, 15) is 4.39 Å². The van der Waals surface area contributed by atoms with Gasteiger partial charge in [-0.2, -0.15) is 0 Å². The van der Waals surface area contributed by atoms with Gasteiger partial charge in [-0.05, 0) is 30.0 Å². The van der Waals surface area contributed by atoms with Crippen LogP contribution in [-0.2, 0) is 17.6 Å². The van der Waals surface area contributed by atoms with Crippen LogP contribution in [0.5, 0.6) is 0 Å². The first-order chi connectivity index (χ1) is 14.7. The number of halogens is 1. The van der Waals surface area contributed by atoms with Crippen molar-refractivity contribution in [2.24, 2.45) is 10.7 Å². The molecule has 0 saturated heterocycles. The summed E-state index contributed by atoms with van der Waals surface area (Å²) < 4.78 is 24.2. The van der Waals surface area contributed by atoms with E-state index in [2.05, 4.69) is 15.5 Å². The first-order valence-electron chi connectivity index (χ1n) is 9.70. The van der Waals surface area contributed by atoms with Gasteiger partial charge in [0.05, 0.1) is 32.1 Å². The number of aromatic nitrogens is 1. The molecular weight excluding hydrogens is 387 g/mol. The van der Waals surface area contributed by atoms with E-state index in [0.29, 0.717) is 31.0 Å². The van der Waals surface area contributed by atoms with Crippen molar-refractivity contribution in [2.45, 2.75) is 12.8 Å². The van der Waals surface area contributed by atoms with Gasteiger partial charge in [-0.1, -0.05) is 47.6 Å². The summed E-state index contributed by atoms with van der Waals surface area (Å²) in [5.74, 6) is 0.389. The first kappa shape index (κ1) is 21.5. The maximum absolute atomic E-state index is 13.9. The Hall–Kier alpha value is -3.23. The fraction of sp³-hybridized carbons (Fsp3) is 0.273. The third-order valence-corrected chi connectivity index (χ3v) is 4.37. The van der Waals surface area contributed by atoms with Crippen molar-refractivity contribution in [1.29, 1.82) is 0 Å². The van der Waals surface area contributed by atoms with Crippen LogP contribution >= 0.6 is 0 Å². The summed E-state index contributed by atoms with van der Waals surface area (Å²) >= 11 is 0. The fourth-order valence-electron chi connectivity index (χ4n) is 2.87. The lowest BCUT2D eigenvalue weighted by molar-refractivity contribution is 0.0978. The molecule has 3 rings (SSSR count). The molecule has 8 heteroatoms. The lowest BCUT2D eigenvalue weighted by atomic mass is 10.0. The predicted molar refractivity (Wildman–Crippen MR) is 114 cm³/mol. The standard InChI is InChI=1S/C22H25FN4O3/c23-20-4-2-1-3-19(20)17-8-5-16(6-9-17)7-10-18-15-21(30-27-18)26-22(24)25-11-13-29-14-12-28/h1-6,8-9,15,28H,7,10-14H2,(H3,24,25,26). The highest BCUT2D eigenvalue weighted by Gasteiger charge is 2.07. The van der Waals surface area contributed by atoms with Crippen LogP contribution in [0.4, 0.5) is 10.3 Å². The number of ether oxygens (including phenoxy) is 1. The lowest BCUT2D eigenvalue weighted by Gasteiger charge is -2.05. The Balaban J connectivity index is 1.48. The number of hydrogen-bond acceptors (Lipinski definition) is 5. The van der Waals surface area contributed by atoms with Gasteiger partial charge in [0.25, 0.3) is 0 Å². The summed E-state index contributed by atoms with van der Waals surface area (Å²) in [6.07, 6.45) is 1.46. The average molecular weight is 412 g/mol.